The fourth-order valence-electron chi connectivity index (χ4n) is 0.802. The maximum Gasteiger partial charge on any atom is -0.00223 e. The molecular formula is C9H20N2. The third kappa shape index (κ3) is 9.63. The van der Waals surface area contributed by atoms with Gasteiger partial charge in [-0.25, -0.2) is 0 Å². The van der Waals surface area contributed by atoms with Crippen molar-refractivity contribution in [3.05, 3.63) is 0 Å². The van der Waals surface area contributed by atoms with Gasteiger partial charge in [-0.1, -0.05) is 20.3 Å². The van der Waals surface area contributed by atoms with Crippen molar-refractivity contribution in [3.63, 3.8) is 0 Å². The molecule has 2 heteroatoms. The molecule has 1 aliphatic rings. The van der Waals surface area contributed by atoms with Gasteiger partial charge in [-0.15, -0.1) is 0 Å². The molecule has 1 heterocycles. The summed E-state index contributed by atoms with van der Waals surface area (Å²) in [6.07, 6.45) is 5.63. The second-order valence-electron chi connectivity index (χ2n) is 3.22. The van der Waals surface area contributed by atoms with Crippen LogP contribution in [-0.4, -0.2) is 19.3 Å². The van der Waals surface area contributed by atoms with Gasteiger partial charge in [-0.2, -0.15) is 0 Å². The summed E-state index contributed by atoms with van der Waals surface area (Å²) < 4.78 is 0. The molecule has 0 spiro atoms. The van der Waals surface area contributed by atoms with E-state index in [4.69, 9.17) is 5.41 Å². The number of hydrogen-bond acceptors (Lipinski definition) is 2. The molecule has 0 bridgehead atoms. The number of nitrogens with one attached hydrogen (secondary N) is 2. The van der Waals surface area contributed by atoms with E-state index in [1.807, 2.05) is 13.8 Å². The van der Waals surface area contributed by atoms with Gasteiger partial charge in [0.05, 0.1) is 0 Å². The van der Waals surface area contributed by atoms with Gasteiger partial charge < -0.3 is 10.7 Å². The van der Waals surface area contributed by atoms with Crippen LogP contribution in [0.5, 0.6) is 0 Å². The molecule has 0 amide bonds. The Balaban J connectivity index is 0.000000187. The van der Waals surface area contributed by atoms with E-state index in [0.29, 0.717) is 5.92 Å². The van der Waals surface area contributed by atoms with Crippen molar-refractivity contribution < 1.29 is 0 Å². The first-order valence-corrected chi connectivity index (χ1v) is 4.48. The molecule has 1 saturated heterocycles. The van der Waals surface area contributed by atoms with Crippen molar-refractivity contribution in [2.45, 2.75) is 33.1 Å². The van der Waals surface area contributed by atoms with Gasteiger partial charge in [-0.3, -0.25) is 0 Å². The minimum absolute atomic E-state index is 0.426. The molecule has 0 unspecified atom stereocenters. The minimum atomic E-state index is 0.426. The summed E-state index contributed by atoms with van der Waals surface area (Å²) in [5, 5.41) is 9.82. The Morgan fingerprint density at radius 1 is 1.18 bits per heavy atom. The van der Waals surface area contributed by atoms with Crippen LogP contribution in [0.2, 0.25) is 0 Å². The standard InChI is InChI=1S/C5H11N.C4H9N/c1-2-4-6-5-3-1;1-4(2)3-5/h6H,1-5H2;3-5H,1-2H3. The smallest absolute Gasteiger partial charge is 0.00223 e. The molecule has 0 aromatic heterocycles. The zero-order valence-corrected chi connectivity index (χ0v) is 7.69. The fourth-order valence-corrected chi connectivity index (χ4v) is 0.802. The molecule has 1 aliphatic heterocycles. The van der Waals surface area contributed by atoms with E-state index in [9.17, 15) is 0 Å². The molecule has 11 heavy (non-hydrogen) atoms. The highest BCUT2D eigenvalue weighted by Crippen LogP contribution is 1.96. The van der Waals surface area contributed by atoms with Crippen molar-refractivity contribution in [2.24, 2.45) is 5.92 Å². The number of hydrogen-bond donors (Lipinski definition) is 2. The first-order chi connectivity index (χ1) is 5.27. The highest BCUT2D eigenvalue weighted by atomic mass is 14.9. The first-order valence-electron chi connectivity index (χ1n) is 4.48. The molecule has 0 aliphatic carbocycles. The van der Waals surface area contributed by atoms with Crippen molar-refractivity contribution in [2.75, 3.05) is 13.1 Å². The van der Waals surface area contributed by atoms with Crippen LogP contribution in [0.4, 0.5) is 0 Å². The fraction of sp³-hybridized carbons (Fsp3) is 0.889. The molecule has 0 aromatic rings. The maximum absolute atomic E-state index is 6.53. The second-order valence-corrected chi connectivity index (χ2v) is 3.22. The predicted octanol–water partition coefficient (Wildman–Crippen LogP) is 2.05. The zero-order valence-electron chi connectivity index (χ0n) is 7.69. The Bertz CT molecular complexity index is 74.1. The van der Waals surface area contributed by atoms with E-state index in [0.717, 1.165) is 0 Å². The zero-order chi connectivity index (χ0) is 8.53. The van der Waals surface area contributed by atoms with Crippen molar-refractivity contribution >= 4 is 6.21 Å². The lowest BCUT2D eigenvalue weighted by Gasteiger charge is -2.08. The molecule has 0 aromatic carbocycles. The van der Waals surface area contributed by atoms with Crippen LogP contribution in [-0.2, 0) is 0 Å². The average Bonchev–Trinajstić information content (AvgIpc) is 2.09. The van der Waals surface area contributed by atoms with Gasteiger partial charge in [0.25, 0.3) is 0 Å². The summed E-state index contributed by atoms with van der Waals surface area (Å²) in [6.45, 7) is 6.46. The number of piperidine rings is 1. The van der Waals surface area contributed by atoms with Crippen LogP contribution in [0.3, 0.4) is 0 Å². The highest BCUT2D eigenvalue weighted by Gasteiger charge is 1.93. The predicted molar refractivity (Wildman–Crippen MR) is 50.3 cm³/mol. The third-order valence-corrected chi connectivity index (χ3v) is 1.54. The molecule has 0 atom stereocenters. The highest BCUT2D eigenvalue weighted by molar-refractivity contribution is 5.55. The van der Waals surface area contributed by atoms with Crippen LogP contribution >= 0.6 is 0 Å². The monoisotopic (exact) mass is 156 g/mol. The van der Waals surface area contributed by atoms with E-state index in [2.05, 4.69) is 5.32 Å². The Labute approximate surface area is 69.9 Å². The second kappa shape index (κ2) is 7.73. The Hall–Kier alpha value is -0.370. The Morgan fingerprint density at radius 2 is 1.64 bits per heavy atom. The summed E-state index contributed by atoms with van der Waals surface area (Å²) in [6, 6.07) is 0. The van der Waals surface area contributed by atoms with Crippen LogP contribution in [0, 0.1) is 11.3 Å². The van der Waals surface area contributed by atoms with Gasteiger partial charge in [0, 0.05) is 0 Å². The normalized spacial score (nSPS) is 17.0. The molecule has 1 fully saturated rings. The van der Waals surface area contributed by atoms with Gasteiger partial charge >= 0.3 is 0 Å². The quantitative estimate of drug-likeness (QED) is 0.560. The van der Waals surface area contributed by atoms with Crippen LogP contribution in [0.15, 0.2) is 0 Å². The summed E-state index contributed by atoms with van der Waals surface area (Å²) in [5.74, 6) is 0.426. The lowest BCUT2D eigenvalue weighted by molar-refractivity contribution is 0.520. The average molecular weight is 156 g/mol. The third-order valence-electron chi connectivity index (χ3n) is 1.54. The van der Waals surface area contributed by atoms with Crippen LogP contribution in [0.25, 0.3) is 0 Å². The molecule has 1 rings (SSSR count). The number of rotatable bonds is 1. The lowest BCUT2D eigenvalue weighted by atomic mass is 10.2. The van der Waals surface area contributed by atoms with E-state index in [1.54, 1.807) is 0 Å². The molecule has 0 radical (unpaired) electrons. The van der Waals surface area contributed by atoms with Crippen molar-refractivity contribution in [3.8, 4) is 0 Å². The van der Waals surface area contributed by atoms with E-state index in [1.165, 1.54) is 38.6 Å². The SMILES string of the molecule is C1CCNCC1.CC(C)C=N. The van der Waals surface area contributed by atoms with Gasteiger partial charge in [0.15, 0.2) is 0 Å². The minimum Gasteiger partial charge on any atom is -0.317 e. The van der Waals surface area contributed by atoms with E-state index >= 15 is 0 Å². The molecular weight excluding hydrogens is 136 g/mol. The first kappa shape index (κ1) is 10.6. The molecule has 66 valence electrons. The lowest BCUT2D eigenvalue weighted by Crippen LogP contribution is -2.21. The Kier molecular flexibility index (Phi) is 7.47. The van der Waals surface area contributed by atoms with Crippen molar-refractivity contribution in [1.29, 1.82) is 5.41 Å². The molecule has 2 N–H and O–H groups in total. The summed E-state index contributed by atoms with van der Waals surface area (Å²) >= 11 is 0. The van der Waals surface area contributed by atoms with Gasteiger partial charge in [0.1, 0.15) is 0 Å². The molecule has 2 nitrogen and oxygen atoms in total. The maximum atomic E-state index is 6.53. The molecule has 0 saturated carbocycles. The van der Waals surface area contributed by atoms with E-state index < -0.39 is 0 Å². The van der Waals surface area contributed by atoms with Crippen LogP contribution in [0.1, 0.15) is 33.1 Å². The largest absolute Gasteiger partial charge is 0.317 e. The van der Waals surface area contributed by atoms with Gasteiger partial charge in [0.2, 0.25) is 0 Å². The Morgan fingerprint density at radius 3 is 1.73 bits per heavy atom. The van der Waals surface area contributed by atoms with Crippen LogP contribution < -0.4 is 5.32 Å². The summed E-state index contributed by atoms with van der Waals surface area (Å²) in [5.41, 5.74) is 0. The van der Waals surface area contributed by atoms with E-state index in [-0.39, 0.29) is 0 Å². The topological polar surface area (TPSA) is 35.9 Å². The van der Waals surface area contributed by atoms with Crippen molar-refractivity contribution in [1.82, 2.24) is 5.32 Å². The summed E-state index contributed by atoms with van der Waals surface area (Å²) in [7, 11) is 0. The van der Waals surface area contributed by atoms with Gasteiger partial charge in [-0.05, 0) is 38.1 Å². The summed E-state index contributed by atoms with van der Waals surface area (Å²) in [4.78, 5) is 0.